The molecular weight excluding hydrogens is 194 g/mol. The summed E-state index contributed by atoms with van der Waals surface area (Å²) >= 11 is 1.52. The Morgan fingerprint density at radius 3 is 2.64 bits per heavy atom. The van der Waals surface area contributed by atoms with Crippen LogP contribution in [0.2, 0.25) is 0 Å². The Bertz CT molecular complexity index is 319. The van der Waals surface area contributed by atoms with Gasteiger partial charge in [-0.15, -0.1) is 11.3 Å². The number of Topliss-reactive ketones (excluding diaryl/α,β-unsaturated/α-hetero) is 1. The van der Waals surface area contributed by atoms with Gasteiger partial charge in [0, 0.05) is 4.88 Å². The van der Waals surface area contributed by atoms with E-state index < -0.39 is 0 Å². The fourth-order valence-electron chi connectivity index (χ4n) is 1.24. The van der Waals surface area contributed by atoms with Crippen LogP contribution in [0.3, 0.4) is 0 Å². The summed E-state index contributed by atoms with van der Waals surface area (Å²) in [5.41, 5.74) is 5.87. The number of nitrogens with two attached hydrogens (primary N) is 1. The molecule has 1 rings (SSSR count). The Hall–Kier alpha value is -0.670. The van der Waals surface area contributed by atoms with Gasteiger partial charge in [-0.1, -0.05) is 20.3 Å². The van der Waals surface area contributed by atoms with Crippen molar-refractivity contribution < 1.29 is 4.79 Å². The molecule has 2 unspecified atom stereocenters. The molecule has 14 heavy (non-hydrogen) atoms. The number of hydrogen-bond acceptors (Lipinski definition) is 3. The third kappa shape index (κ3) is 2.42. The highest BCUT2D eigenvalue weighted by atomic mass is 32.1. The fourth-order valence-corrected chi connectivity index (χ4v) is 2.10. The molecule has 1 aromatic heterocycles. The molecule has 0 saturated carbocycles. The lowest BCUT2D eigenvalue weighted by Gasteiger charge is -2.15. The van der Waals surface area contributed by atoms with E-state index in [0.29, 0.717) is 0 Å². The summed E-state index contributed by atoms with van der Waals surface area (Å²) in [6.45, 7) is 6.07. The Morgan fingerprint density at radius 1 is 1.57 bits per heavy atom. The van der Waals surface area contributed by atoms with Crippen LogP contribution < -0.4 is 5.73 Å². The van der Waals surface area contributed by atoms with Crippen LogP contribution in [-0.4, -0.2) is 11.8 Å². The van der Waals surface area contributed by atoms with Crippen LogP contribution in [0.15, 0.2) is 12.1 Å². The maximum absolute atomic E-state index is 11.8. The summed E-state index contributed by atoms with van der Waals surface area (Å²) in [6.07, 6.45) is 0.942. The quantitative estimate of drug-likeness (QED) is 0.778. The normalized spacial score (nSPS) is 15.1. The average molecular weight is 211 g/mol. The summed E-state index contributed by atoms with van der Waals surface area (Å²) in [5.74, 6) is 0.336. The molecule has 2 N–H and O–H groups in total. The van der Waals surface area contributed by atoms with E-state index >= 15 is 0 Å². The molecule has 0 spiro atoms. The van der Waals surface area contributed by atoms with Crippen molar-refractivity contribution in [1.29, 1.82) is 0 Å². The molecule has 0 aliphatic rings. The number of rotatable bonds is 4. The second-order valence-corrected chi connectivity index (χ2v) is 4.97. The van der Waals surface area contributed by atoms with E-state index in [1.165, 1.54) is 11.3 Å². The Kier molecular flexibility index (Phi) is 3.84. The molecule has 2 atom stereocenters. The molecule has 78 valence electrons. The zero-order valence-corrected chi connectivity index (χ0v) is 9.73. The van der Waals surface area contributed by atoms with E-state index in [-0.39, 0.29) is 17.7 Å². The predicted molar refractivity (Wildman–Crippen MR) is 60.8 cm³/mol. The lowest BCUT2D eigenvalue weighted by atomic mass is 9.96. The number of hydrogen-bond donors (Lipinski definition) is 1. The molecule has 0 aliphatic heterocycles. The van der Waals surface area contributed by atoms with Crippen LogP contribution in [0.1, 0.15) is 34.8 Å². The smallest absolute Gasteiger partial charge is 0.189 e. The highest BCUT2D eigenvalue weighted by molar-refractivity contribution is 7.14. The molecule has 0 radical (unpaired) electrons. The molecule has 1 heterocycles. The zero-order chi connectivity index (χ0) is 10.7. The third-order valence-corrected chi connectivity index (χ3v) is 3.56. The van der Waals surface area contributed by atoms with Crippen LogP contribution in [0.25, 0.3) is 0 Å². The summed E-state index contributed by atoms with van der Waals surface area (Å²) in [6, 6.07) is 3.48. The van der Waals surface area contributed by atoms with Crippen molar-refractivity contribution in [3.63, 3.8) is 0 Å². The highest BCUT2D eigenvalue weighted by Gasteiger charge is 2.21. The molecule has 0 saturated heterocycles. The van der Waals surface area contributed by atoms with Gasteiger partial charge in [0.05, 0.1) is 10.9 Å². The molecule has 3 heteroatoms. The first-order valence-electron chi connectivity index (χ1n) is 4.92. The minimum absolute atomic E-state index is 0.0810. The Labute approximate surface area is 89.1 Å². The van der Waals surface area contributed by atoms with Gasteiger partial charge in [0.1, 0.15) is 0 Å². The minimum Gasteiger partial charge on any atom is -0.321 e. The van der Waals surface area contributed by atoms with Gasteiger partial charge in [0.15, 0.2) is 5.78 Å². The largest absolute Gasteiger partial charge is 0.321 e. The summed E-state index contributed by atoms with van der Waals surface area (Å²) in [4.78, 5) is 13.8. The number of thiophene rings is 1. The molecule has 1 aromatic rings. The maximum Gasteiger partial charge on any atom is 0.189 e. The van der Waals surface area contributed by atoms with Crippen molar-refractivity contribution in [2.45, 2.75) is 33.2 Å². The number of carbonyl (C=O) groups excluding carboxylic acids is 1. The molecular formula is C11H17NOS. The highest BCUT2D eigenvalue weighted by Crippen LogP contribution is 2.19. The van der Waals surface area contributed by atoms with E-state index in [0.717, 1.165) is 16.2 Å². The van der Waals surface area contributed by atoms with Crippen molar-refractivity contribution in [2.75, 3.05) is 0 Å². The summed E-state index contributed by atoms with van der Waals surface area (Å²) in [5, 5.41) is 0. The van der Waals surface area contributed by atoms with E-state index in [2.05, 4.69) is 6.92 Å². The first-order valence-corrected chi connectivity index (χ1v) is 5.74. The molecule has 0 fully saturated rings. The van der Waals surface area contributed by atoms with Gasteiger partial charge in [-0.3, -0.25) is 4.79 Å². The molecule has 0 bridgehead atoms. The van der Waals surface area contributed by atoms with E-state index in [1.807, 2.05) is 26.0 Å². The van der Waals surface area contributed by atoms with Crippen LogP contribution in [0.5, 0.6) is 0 Å². The number of aryl methyl sites for hydroxylation is 1. The average Bonchev–Trinajstić information content (AvgIpc) is 2.61. The van der Waals surface area contributed by atoms with Gasteiger partial charge < -0.3 is 5.73 Å². The van der Waals surface area contributed by atoms with E-state index in [9.17, 15) is 4.79 Å². The standard InChI is InChI=1S/C11H17NOS/c1-4-7(2)10(12)11(13)9-6-5-8(3)14-9/h5-7,10H,4,12H2,1-3H3. The lowest BCUT2D eigenvalue weighted by Crippen LogP contribution is -2.36. The van der Waals surface area contributed by atoms with Crippen molar-refractivity contribution in [1.82, 2.24) is 0 Å². The van der Waals surface area contributed by atoms with Crippen molar-refractivity contribution >= 4 is 17.1 Å². The van der Waals surface area contributed by atoms with E-state index in [4.69, 9.17) is 5.73 Å². The van der Waals surface area contributed by atoms with Gasteiger partial charge in [0.25, 0.3) is 0 Å². The molecule has 0 aromatic carbocycles. The van der Waals surface area contributed by atoms with Gasteiger partial charge in [-0.05, 0) is 25.0 Å². The second-order valence-electron chi connectivity index (χ2n) is 3.69. The second kappa shape index (κ2) is 4.71. The van der Waals surface area contributed by atoms with Gasteiger partial charge in [-0.2, -0.15) is 0 Å². The van der Waals surface area contributed by atoms with Crippen LogP contribution in [0, 0.1) is 12.8 Å². The van der Waals surface area contributed by atoms with Gasteiger partial charge in [-0.25, -0.2) is 0 Å². The number of carbonyl (C=O) groups is 1. The SMILES string of the molecule is CCC(C)C(N)C(=O)c1ccc(C)s1. The van der Waals surface area contributed by atoms with Crippen LogP contribution >= 0.6 is 11.3 Å². The Balaban J connectivity index is 2.75. The maximum atomic E-state index is 11.8. The van der Waals surface area contributed by atoms with Crippen molar-refractivity contribution in [3.8, 4) is 0 Å². The van der Waals surface area contributed by atoms with Crippen molar-refractivity contribution in [2.24, 2.45) is 11.7 Å². The third-order valence-electron chi connectivity index (χ3n) is 2.54. The minimum atomic E-state index is -0.349. The monoisotopic (exact) mass is 211 g/mol. The first kappa shape index (κ1) is 11.4. The van der Waals surface area contributed by atoms with Gasteiger partial charge in [0.2, 0.25) is 0 Å². The van der Waals surface area contributed by atoms with E-state index in [1.54, 1.807) is 0 Å². The molecule has 2 nitrogen and oxygen atoms in total. The molecule has 0 aliphatic carbocycles. The Morgan fingerprint density at radius 2 is 2.21 bits per heavy atom. The van der Waals surface area contributed by atoms with Crippen LogP contribution in [-0.2, 0) is 0 Å². The molecule has 0 amide bonds. The zero-order valence-electron chi connectivity index (χ0n) is 8.91. The number of ketones is 1. The topological polar surface area (TPSA) is 43.1 Å². The van der Waals surface area contributed by atoms with Crippen LogP contribution in [0.4, 0.5) is 0 Å². The fraction of sp³-hybridized carbons (Fsp3) is 0.545. The van der Waals surface area contributed by atoms with Gasteiger partial charge >= 0.3 is 0 Å². The summed E-state index contributed by atoms with van der Waals surface area (Å²) < 4.78 is 0. The van der Waals surface area contributed by atoms with Crippen molar-refractivity contribution in [3.05, 3.63) is 21.9 Å². The first-order chi connectivity index (χ1) is 6.56. The summed E-state index contributed by atoms with van der Waals surface area (Å²) in [7, 11) is 0. The predicted octanol–water partition coefficient (Wildman–Crippen LogP) is 2.61. The lowest BCUT2D eigenvalue weighted by molar-refractivity contribution is 0.0939.